The first-order valence-electron chi connectivity index (χ1n) is 7.30. The molecule has 1 aromatic heterocycles. The summed E-state index contributed by atoms with van der Waals surface area (Å²) in [5.41, 5.74) is 5.06. The minimum atomic E-state index is 0.261. The second kappa shape index (κ2) is 5.19. The van der Waals surface area contributed by atoms with E-state index < -0.39 is 0 Å². The van der Waals surface area contributed by atoms with Crippen molar-refractivity contribution in [2.45, 2.75) is 19.0 Å². The average molecular weight is 275 g/mol. The molecule has 3 heteroatoms. The number of imidazole rings is 1. The predicted molar refractivity (Wildman–Crippen MR) is 83.8 cm³/mol. The van der Waals surface area contributed by atoms with Gasteiger partial charge >= 0.3 is 0 Å². The van der Waals surface area contributed by atoms with Crippen molar-refractivity contribution >= 4 is 0 Å². The van der Waals surface area contributed by atoms with Gasteiger partial charge in [0.25, 0.3) is 0 Å². The molecule has 0 unspecified atom stereocenters. The summed E-state index contributed by atoms with van der Waals surface area (Å²) in [4.78, 5) is 8.03. The van der Waals surface area contributed by atoms with Gasteiger partial charge in [-0.15, -0.1) is 0 Å². The van der Waals surface area contributed by atoms with E-state index in [1.165, 1.54) is 16.7 Å². The Hall–Kier alpha value is -2.39. The minimum absolute atomic E-state index is 0.261. The number of fused-ring (bicyclic) bond motifs is 1. The first-order valence-corrected chi connectivity index (χ1v) is 7.30. The van der Waals surface area contributed by atoms with Crippen LogP contribution in [0.1, 0.15) is 23.0 Å². The largest absolute Gasteiger partial charge is 0.341 e. The van der Waals surface area contributed by atoms with E-state index in [9.17, 15) is 0 Å². The zero-order chi connectivity index (χ0) is 14.1. The molecular formula is C18H17N3. The predicted octanol–water partition coefficient (Wildman–Crippen LogP) is 3.46. The standard InChI is InChI=1S/C18H17N3/c1-2-6-13(7-3-1)17-12-20-18(21-17)16-10-14-8-4-5-9-15(14)11-19-16/h1-9,12,16,19H,10-11H2,(H,20,21)/t16-/m0/s1. The van der Waals surface area contributed by atoms with Crippen molar-refractivity contribution in [2.24, 2.45) is 0 Å². The Bertz CT molecular complexity index is 746. The Balaban J connectivity index is 1.60. The summed E-state index contributed by atoms with van der Waals surface area (Å²) in [5, 5.41) is 3.56. The van der Waals surface area contributed by atoms with Crippen LogP contribution in [0.25, 0.3) is 11.3 Å². The molecule has 2 N–H and O–H groups in total. The fourth-order valence-corrected chi connectivity index (χ4v) is 2.93. The molecule has 1 aliphatic heterocycles. The van der Waals surface area contributed by atoms with Crippen LogP contribution in [-0.4, -0.2) is 9.97 Å². The number of aromatic amines is 1. The molecule has 0 radical (unpaired) electrons. The lowest BCUT2D eigenvalue weighted by Gasteiger charge is -2.24. The lowest BCUT2D eigenvalue weighted by molar-refractivity contribution is 0.480. The fraction of sp³-hybridized carbons (Fsp3) is 0.167. The van der Waals surface area contributed by atoms with Crippen molar-refractivity contribution in [3.63, 3.8) is 0 Å². The van der Waals surface area contributed by atoms with Crippen LogP contribution in [0.3, 0.4) is 0 Å². The number of rotatable bonds is 2. The van der Waals surface area contributed by atoms with Crippen LogP contribution < -0.4 is 5.32 Å². The Kier molecular flexibility index (Phi) is 3.05. The van der Waals surface area contributed by atoms with Gasteiger partial charge in [-0.3, -0.25) is 0 Å². The molecule has 3 aromatic rings. The molecule has 0 amide bonds. The van der Waals surface area contributed by atoms with Crippen molar-refractivity contribution in [3.05, 3.63) is 77.7 Å². The summed E-state index contributed by atoms with van der Waals surface area (Å²) in [7, 11) is 0. The van der Waals surface area contributed by atoms with E-state index in [0.29, 0.717) is 0 Å². The molecule has 0 spiro atoms. The maximum atomic E-state index is 4.57. The second-order valence-electron chi connectivity index (χ2n) is 5.45. The SMILES string of the molecule is c1ccc(-c2cnc([C@@H]3Cc4ccccc4CN3)[nH]2)cc1. The van der Waals surface area contributed by atoms with Gasteiger partial charge in [-0.05, 0) is 23.1 Å². The molecule has 0 saturated carbocycles. The molecule has 0 saturated heterocycles. The summed E-state index contributed by atoms with van der Waals surface area (Å²) >= 11 is 0. The Morgan fingerprint density at radius 3 is 2.52 bits per heavy atom. The van der Waals surface area contributed by atoms with Crippen LogP contribution in [0.15, 0.2) is 60.8 Å². The van der Waals surface area contributed by atoms with Gasteiger partial charge in [0.15, 0.2) is 0 Å². The zero-order valence-corrected chi connectivity index (χ0v) is 11.7. The van der Waals surface area contributed by atoms with Crippen LogP contribution in [-0.2, 0) is 13.0 Å². The van der Waals surface area contributed by atoms with Crippen molar-refractivity contribution in [3.8, 4) is 11.3 Å². The molecule has 1 aliphatic rings. The van der Waals surface area contributed by atoms with Crippen molar-refractivity contribution in [2.75, 3.05) is 0 Å². The molecule has 0 bridgehead atoms. The Morgan fingerprint density at radius 2 is 1.67 bits per heavy atom. The quantitative estimate of drug-likeness (QED) is 0.752. The van der Waals surface area contributed by atoms with E-state index in [1.54, 1.807) is 0 Å². The molecule has 3 nitrogen and oxygen atoms in total. The van der Waals surface area contributed by atoms with Crippen LogP contribution in [0.2, 0.25) is 0 Å². The zero-order valence-electron chi connectivity index (χ0n) is 11.7. The Labute approximate surface area is 124 Å². The van der Waals surface area contributed by atoms with Crippen molar-refractivity contribution in [1.82, 2.24) is 15.3 Å². The van der Waals surface area contributed by atoms with E-state index in [0.717, 1.165) is 24.5 Å². The number of H-pyrrole nitrogens is 1. The number of hydrogen-bond donors (Lipinski definition) is 2. The molecule has 1 atom stereocenters. The highest BCUT2D eigenvalue weighted by Crippen LogP contribution is 2.26. The average Bonchev–Trinajstić information content (AvgIpc) is 3.05. The monoisotopic (exact) mass is 275 g/mol. The number of benzene rings is 2. The van der Waals surface area contributed by atoms with Gasteiger partial charge in [-0.2, -0.15) is 0 Å². The van der Waals surface area contributed by atoms with Crippen LogP contribution in [0, 0.1) is 0 Å². The topological polar surface area (TPSA) is 40.7 Å². The van der Waals surface area contributed by atoms with Crippen molar-refractivity contribution < 1.29 is 0 Å². The summed E-state index contributed by atoms with van der Waals surface area (Å²) in [6.07, 6.45) is 2.91. The van der Waals surface area contributed by atoms with Gasteiger partial charge in [-0.1, -0.05) is 54.6 Å². The second-order valence-corrected chi connectivity index (χ2v) is 5.45. The van der Waals surface area contributed by atoms with Gasteiger partial charge in [0.05, 0.1) is 17.9 Å². The fourth-order valence-electron chi connectivity index (χ4n) is 2.93. The van der Waals surface area contributed by atoms with E-state index in [-0.39, 0.29) is 6.04 Å². The number of aromatic nitrogens is 2. The third-order valence-electron chi connectivity index (χ3n) is 4.09. The Morgan fingerprint density at radius 1 is 0.905 bits per heavy atom. The van der Waals surface area contributed by atoms with E-state index in [4.69, 9.17) is 0 Å². The summed E-state index contributed by atoms with van der Waals surface area (Å²) < 4.78 is 0. The first kappa shape index (κ1) is 12.4. The highest BCUT2D eigenvalue weighted by atomic mass is 15.0. The third kappa shape index (κ3) is 2.36. The van der Waals surface area contributed by atoms with Gasteiger partial charge in [0, 0.05) is 6.54 Å². The number of nitrogens with one attached hydrogen (secondary N) is 2. The molecule has 104 valence electrons. The van der Waals surface area contributed by atoms with Crippen LogP contribution in [0.5, 0.6) is 0 Å². The van der Waals surface area contributed by atoms with E-state index in [2.05, 4.69) is 51.7 Å². The summed E-state index contributed by atoms with van der Waals surface area (Å²) in [6.45, 7) is 0.905. The third-order valence-corrected chi connectivity index (χ3v) is 4.09. The van der Waals surface area contributed by atoms with Gasteiger partial charge < -0.3 is 10.3 Å². The van der Waals surface area contributed by atoms with Gasteiger partial charge in [-0.25, -0.2) is 4.98 Å². The van der Waals surface area contributed by atoms with Crippen LogP contribution in [0.4, 0.5) is 0 Å². The lowest BCUT2D eigenvalue weighted by atomic mass is 9.95. The molecule has 2 heterocycles. The van der Waals surface area contributed by atoms with Gasteiger partial charge in [0.2, 0.25) is 0 Å². The first-order chi connectivity index (χ1) is 10.4. The minimum Gasteiger partial charge on any atom is -0.341 e. The van der Waals surface area contributed by atoms with Crippen LogP contribution >= 0.6 is 0 Å². The molecule has 2 aromatic carbocycles. The summed E-state index contributed by atoms with van der Waals surface area (Å²) in [6, 6.07) is 19.2. The highest BCUT2D eigenvalue weighted by Gasteiger charge is 2.21. The van der Waals surface area contributed by atoms with Crippen molar-refractivity contribution in [1.29, 1.82) is 0 Å². The molecule has 4 rings (SSSR count). The number of nitrogens with zero attached hydrogens (tertiary/aromatic N) is 1. The van der Waals surface area contributed by atoms with E-state index >= 15 is 0 Å². The molecule has 21 heavy (non-hydrogen) atoms. The maximum Gasteiger partial charge on any atom is 0.124 e. The normalized spacial score (nSPS) is 17.4. The number of hydrogen-bond acceptors (Lipinski definition) is 2. The molecule has 0 fully saturated rings. The highest BCUT2D eigenvalue weighted by molar-refractivity contribution is 5.58. The molecule has 0 aliphatic carbocycles. The smallest absolute Gasteiger partial charge is 0.124 e. The van der Waals surface area contributed by atoms with Gasteiger partial charge in [0.1, 0.15) is 5.82 Å². The van der Waals surface area contributed by atoms with E-state index in [1.807, 2.05) is 24.4 Å². The lowest BCUT2D eigenvalue weighted by Crippen LogP contribution is -2.29. The molecular weight excluding hydrogens is 258 g/mol. The summed E-state index contributed by atoms with van der Waals surface area (Å²) in [5.74, 6) is 1.02. The maximum absolute atomic E-state index is 4.57.